The first-order valence-corrected chi connectivity index (χ1v) is 7.81. The van der Waals surface area contributed by atoms with Crippen LogP contribution in [0.1, 0.15) is 44.7 Å². The van der Waals surface area contributed by atoms with Crippen molar-refractivity contribution < 1.29 is 0 Å². The molecule has 5 heteroatoms. The fourth-order valence-electron chi connectivity index (χ4n) is 4.10. The molecule has 2 aromatic rings. The van der Waals surface area contributed by atoms with Gasteiger partial charge in [-0.3, -0.25) is 0 Å². The molecule has 2 heterocycles. The van der Waals surface area contributed by atoms with Crippen LogP contribution in [0.2, 0.25) is 0 Å². The van der Waals surface area contributed by atoms with Gasteiger partial charge in [0.05, 0.1) is 11.4 Å². The predicted molar refractivity (Wildman–Crippen MR) is 77.6 cm³/mol. The van der Waals surface area contributed by atoms with Crippen molar-refractivity contribution in [1.29, 1.82) is 0 Å². The third kappa shape index (κ3) is 1.87. The normalized spacial score (nSPS) is 28.9. The van der Waals surface area contributed by atoms with Gasteiger partial charge in [-0.1, -0.05) is 19.8 Å². The smallest absolute Gasteiger partial charge is 0.200 e. The topological polar surface area (TPSA) is 55.1 Å². The molecule has 1 N–H and O–H groups in total. The van der Waals surface area contributed by atoms with Gasteiger partial charge in [0.1, 0.15) is 6.33 Å². The monoisotopic (exact) mass is 271 g/mol. The molecule has 0 spiro atoms. The third-order valence-corrected chi connectivity index (χ3v) is 5.10. The van der Waals surface area contributed by atoms with Crippen molar-refractivity contribution in [1.82, 2.24) is 19.8 Å². The molecule has 0 amide bonds. The molecule has 106 valence electrons. The van der Waals surface area contributed by atoms with Crippen LogP contribution in [-0.4, -0.2) is 25.9 Å². The summed E-state index contributed by atoms with van der Waals surface area (Å²) in [6.45, 7) is 2.13. The Balaban J connectivity index is 1.66. The number of anilines is 1. The fourth-order valence-corrected chi connectivity index (χ4v) is 4.10. The highest BCUT2D eigenvalue weighted by molar-refractivity contribution is 5.67. The van der Waals surface area contributed by atoms with Gasteiger partial charge in [0, 0.05) is 6.04 Å². The highest BCUT2D eigenvalue weighted by Gasteiger charge is 2.39. The maximum Gasteiger partial charge on any atom is 0.200 e. The molecule has 5 nitrogen and oxygen atoms in total. The second-order valence-electron chi connectivity index (χ2n) is 6.19. The molecule has 0 radical (unpaired) electrons. The van der Waals surface area contributed by atoms with E-state index in [0.29, 0.717) is 6.04 Å². The first-order chi connectivity index (χ1) is 9.85. The summed E-state index contributed by atoms with van der Waals surface area (Å²) in [5, 5.41) is 16.5. The van der Waals surface area contributed by atoms with Crippen molar-refractivity contribution in [3.8, 4) is 0 Å². The molecule has 2 saturated carbocycles. The number of aryl methyl sites for hydroxylation is 1. The zero-order valence-electron chi connectivity index (χ0n) is 11.9. The van der Waals surface area contributed by atoms with E-state index in [0.717, 1.165) is 35.3 Å². The number of hydrogen-bond donors (Lipinski definition) is 1. The molecule has 2 aromatic heterocycles. The first-order valence-electron chi connectivity index (χ1n) is 7.81. The number of fused-ring (bicyclic) bond motifs is 2. The summed E-state index contributed by atoms with van der Waals surface area (Å²) in [6.07, 6.45) is 9.52. The lowest BCUT2D eigenvalue weighted by Crippen LogP contribution is -2.25. The summed E-state index contributed by atoms with van der Waals surface area (Å²) >= 11 is 0. The highest BCUT2D eigenvalue weighted by atomic mass is 15.3. The van der Waals surface area contributed by atoms with Crippen LogP contribution in [0, 0.1) is 11.8 Å². The van der Waals surface area contributed by atoms with Crippen molar-refractivity contribution >= 4 is 11.3 Å². The van der Waals surface area contributed by atoms with Gasteiger partial charge in [-0.25, -0.2) is 0 Å². The SMILES string of the molecule is CCc1cc(N[C@H]2CC[C@@H]3CCC[C@@H]32)c2nncn2n1. The number of rotatable bonds is 3. The quantitative estimate of drug-likeness (QED) is 0.932. The van der Waals surface area contributed by atoms with E-state index in [9.17, 15) is 0 Å². The van der Waals surface area contributed by atoms with Crippen LogP contribution in [-0.2, 0) is 6.42 Å². The van der Waals surface area contributed by atoms with Gasteiger partial charge < -0.3 is 5.32 Å². The average Bonchev–Trinajstić information content (AvgIpc) is 3.15. The zero-order chi connectivity index (χ0) is 13.5. The standard InChI is InChI=1S/C15H21N5/c1-2-11-8-14(15-18-16-9-20(15)19-11)17-13-7-6-10-4-3-5-12(10)13/h8-10,12-13,17H,2-7H2,1H3/t10-,12-,13-/m0/s1. The number of nitrogens with one attached hydrogen (secondary N) is 1. The molecule has 0 aliphatic heterocycles. The van der Waals surface area contributed by atoms with E-state index in [2.05, 4.69) is 33.6 Å². The minimum absolute atomic E-state index is 0.607. The summed E-state index contributed by atoms with van der Waals surface area (Å²) in [5.74, 6) is 1.81. The fraction of sp³-hybridized carbons (Fsp3) is 0.667. The van der Waals surface area contributed by atoms with E-state index in [1.165, 1.54) is 32.1 Å². The molecule has 2 aliphatic carbocycles. The van der Waals surface area contributed by atoms with E-state index in [1.807, 2.05) is 0 Å². The molecule has 4 rings (SSSR count). The van der Waals surface area contributed by atoms with Gasteiger partial charge in [0.25, 0.3) is 0 Å². The number of hydrogen-bond acceptors (Lipinski definition) is 4. The van der Waals surface area contributed by atoms with Crippen molar-refractivity contribution in [2.45, 2.75) is 51.5 Å². The minimum Gasteiger partial charge on any atom is -0.379 e. The van der Waals surface area contributed by atoms with Gasteiger partial charge in [0.15, 0.2) is 0 Å². The Labute approximate surface area is 118 Å². The Kier molecular flexibility index (Phi) is 2.86. The van der Waals surface area contributed by atoms with Gasteiger partial charge in [-0.05, 0) is 43.6 Å². The van der Waals surface area contributed by atoms with Gasteiger partial charge in [0.2, 0.25) is 5.65 Å². The van der Waals surface area contributed by atoms with Crippen LogP contribution in [0.5, 0.6) is 0 Å². The number of aromatic nitrogens is 4. The second kappa shape index (κ2) is 4.72. The summed E-state index contributed by atoms with van der Waals surface area (Å²) in [4.78, 5) is 0. The second-order valence-corrected chi connectivity index (χ2v) is 6.19. The number of nitrogens with zero attached hydrogens (tertiary/aromatic N) is 4. The molecule has 0 bridgehead atoms. The maximum absolute atomic E-state index is 4.51. The molecule has 2 fully saturated rings. The lowest BCUT2D eigenvalue weighted by molar-refractivity contribution is 0.435. The maximum atomic E-state index is 4.51. The van der Waals surface area contributed by atoms with Crippen molar-refractivity contribution in [3.05, 3.63) is 18.1 Å². The van der Waals surface area contributed by atoms with Crippen molar-refractivity contribution in [3.63, 3.8) is 0 Å². The average molecular weight is 271 g/mol. The van der Waals surface area contributed by atoms with Gasteiger partial charge in [-0.2, -0.15) is 9.61 Å². The van der Waals surface area contributed by atoms with E-state index in [1.54, 1.807) is 10.8 Å². The molecule has 0 unspecified atom stereocenters. The summed E-state index contributed by atoms with van der Waals surface area (Å²) in [5.41, 5.74) is 3.04. The lowest BCUT2D eigenvalue weighted by atomic mass is 9.97. The Morgan fingerprint density at radius 1 is 1.30 bits per heavy atom. The van der Waals surface area contributed by atoms with Gasteiger partial charge >= 0.3 is 0 Å². The van der Waals surface area contributed by atoms with E-state index < -0.39 is 0 Å². The van der Waals surface area contributed by atoms with Gasteiger partial charge in [-0.15, -0.1) is 10.2 Å². The third-order valence-electron chi connectivity index (χ3n) is 5.10. The van der Waals surface area contributed by atoms with Crippen LogP contribution in [0.3, 0.4) is 0 Å². The van der Waals surface area contributed by atoms with Crippen molar-refractivity contribution in [2.75, 3.05) is 5.32 Å². The Bertz CT molecular complexity index is 620. The molecule has 2 aliphatic rings. The molecule has 20 heavy (non-hydrogen) atoms. The highest BCUT2D eigenvalue weighted by Crippen LogP contribution is 2.45. The Hall–Kier alpha value is -1.65. The zero-order valence-corrected chi connectivity index (χ0v) is 11.9. The van der Waals surface area contributed by atoms with E-state index in [-0.39, 0.29) is 0 Å². The molecule has 0 aromatic carbocycles. The molecular weight excluding hydrogens is 250 g/mol. The van der Waals surface area contributed by atoms with Crippen LogP contribution >= 0.6 is 0 Å². The summed E-state index contributed by atoms with van der Waals surface area (Å²) < 4.78 is 1.79. The molecule has 3 atom stereocenters. The lowest BCUT2D eigenvalue weighted by Gasteiger charge is -2.21. The molecule has 0 saturated heterocycles. The van der Waals surface area contributed by atoms with E-state index in [4.69, 9.17) is 0 Å². The van der Waals surface area contributed by atoms with Crippen LogP contribution in [0.4, 0.5) is 5.69 Å². The summed E-state index contributed by atoms with van der Waals surface area (Å²) in [6, 6.07) is 2.75. The van der Waals surface area contributed by atoms with Crippen molar-refractivity contribution in [2.24, 2.45) is 11.8 Å². The summed E-state index contributed by atoms with van der Waals surface area (Å²) in [7, 11) is 0. The van der Waals surface area contributed by atoms with Crippen LogP contribution < -0.4 is 5.32 Å². The predicted octanol–water partition coefficient (Wildman–Crippen LogP) is 2.68. The largest absolute Gasteiger partial charge is 0.379 e. The Morgan fingerprint density at radius 2 is 2.25 bits per heavy atom. The van der Waals surface area contributed by atoms with Crippen LogP contribution in [0.15, 0.2) is 12.4 Å². The molecular formula is C15H21N5. The minimum atomic E-state index is 0.607. The van der Waals surface area contributed by atoms with Crippen LogP contribution in [0.25, 0.3) is 5.65 Å². The first kappa shape index (κ1) is 12.1. The van der Waals surface area contributed by atoms with E-state index >= 15 is 0 Å². The Morgan fingerprint density at radius 3 is 3.15 bits per heavy atom.